The standard InChI is InChI=1S/C25H24N2O2S/c1-16-10-12-18(13-11-16)24(22-9-6-14-30-22)26-15-21-23(25(28)29-3)17(2)19-7-4-5-8-20(19)27-21/h4-14,24,26H,15H2,1-3H3/t24-/m1/s1. The number of ether oxygens (including phenoxy) is 1. The molecule has 4 aromatic rings. The van der Waals surface area contributed by atoms with Crippen molar-refractivity contribution in [2.75, 3.05) is 7.11 Å². The van der Waals surface area contributed by atoms with Crippen molar-refractivity contribution < 1.29 is 9.53 Å². The number of hydrogen-bond donors (Lipinski definition) is 1. The number of nitrogens with zero attached hydrogens (tertiary/aromatic N) is 1. The van der Waals surface area contributed by atoms with E-state index in [2.05, 4.69) is 54.0 Å². The lowest BCUT2D eigenvalue weighted by Gasteiger charge is -2.20. The number of benzene rings is 2. The molecule has 0 unspecified atom stereocenters. The average Bonchev–Trinajstić information content (AvgIpc) is 3.29. The van der Waals surface area contributed by atoms with Crippen molar-refractivity contribution >= 4 is 28.2 Å². The number of nitrogens with one attached hydrogen (secondary N) is 1. The quantitative estimate of drug-likeness (QED) is 0.417. The summed E-state index contributed by atoms with van der Waals surface area (Å²) in [4.78, 5) is 18.6. The molecule has 0 radical (unpaired) electrons. The number of thiophene rings is 1. The van der Waals surface area contributed by atoms with Gasteiger partial charge in [0, 0.05) is 16.8 Å². The molecular formula is C25H24N2O2S. The molecule has 0 saturated carbocycles. The molecule has 5 heteroatoms. The molecule has 152 valence electrons. The first-order chi connectivity index (χ1) is 14.6. The maximum absolute atomic E-state index is 12.6. The van der Waals surface area contributed by atoms with Gasteiger partial charge in [-0.05, 0) is 42.5 Å². The zero-order valence-corrected chi connectivity index (χ0v) is 18.1. The van der Waals surface area contributed by atoms with Gasteiger partial charge >= 0.3 is 5.97 Å². The van der Waals surface area contributed by atoms with E-state index in [-0.39, 0.29) is 12.0 Å². The number of esters is 1. The van der Waals surface area contributed by atoms with Crippen molar-refractivity contribution in [1.29, 1.82) is 0 Å². The maximum atomic E-state index is 12.6. The third-order valence-corrected chi connectivity index (χ3v) is 6.27. The molecule has 0 amide bonds. The monoisotopic (exact) mass is 416 g/mol. The number of aromatic nitrogens is 1. The molecule has 0 aliphatic rings. The van der Waals surface area contributed by atoms with Crippen LogP contribution in [0.25, 0.3) is 10.9 Å². The molecule has 4 rings (SSSR count). The van der Waals surface area contributed by atoms with Crippen LogP contribution in [0.3, 0.4) is 0 Å². The molecular weight excluding hydrogens is 392 g/mol. The Morgan fingerprint density at radius 3 is 2.53 bits per heavy atom. The van der Waals surface area contributed by atoms with E-state index >= 15 is 0 Å². The number of carbonyl (C=O) groups is 1. The Morgan fingerprint density at radius 1 is 1.07 bits per heavy atom. The summed E-state index contributed by atoms with van der Waals surface area (Å²) < 4.78 is 5.08. The van der Waals surface area contributed by atoms with Crippen LogP contribution in [0.5, 0.6) is 0 Å². The molecule has 30 heavy (non-hydrogen) atoms. The van der Waals surface area contributed by atoms with Crippen molar-refractivity contribution in [1.82, 2.24) is 10.3 Å². The summed E-state index contributed by atoms with van der Waals surface area (Å²) >= 11 is 1.71. The molecule has 0 saturated heterocycles. The zero-order chi connectivity index (χ0) is 21.1. The SMILES string of the molecule is COC(=O)c1c(CN[C@H](c2ccc(C)cc2)c2cccs2)nc2ccccc2c1C. The van der Waals surface area contributed by atoms with Crippen molar-refractivity contribution in [2.45, 2.75) is 26.4 Å². The Bertz CT molecular complexity index is 1170. The topological polar surface area (TPSA) is 51.2 Å². The van der Waals surface area contributed by atoms with E-state index in [1.807, 2.05) is 31.2 Å². The van der Waals surface area contributed by atoms with Crippen LogP contribution in [0.15, 0.2) is 66.0 Å². The smallest absolute Gasteiger partial charge is 0.340 e. The van der Waals surface area contributed by atoms with E-state index in [0.717, 1.165) is 16.5 Å². The van der Waals surface area contributed by atoms with Crippen LogP contribution < -0.4 is 5.32 Å². The predicted molar refractivity (Wildman–Crippen MR) is 122 cm³/mol. The molecule has 4 nitrogen and oxygen atoms in total. The number of pyridine rings is 1. The van der Waals surface area contributed by atoms with Crippen molar-refractivity contribution in [2.24, 2.45) is 0 Å². The van der Waals surface area contributed by atoms with Gasteiger partial charge in [-0.15, -0.1) is 11.3 Å². The lowest BCUT2D eigenvalue weighted by molar-refractivity contribution is 0.0598. The van der Waals surface area contributed by atoms with Gasteiger partial charge in [0.1, 0.15) is 0 Å². The van der Waals surface area contributed by atoms with Crippen LogP contribution in [0.1, 0.15) is 43.7 Å². The summed E-state index contributed by atoms with van der Waals surface area (Å²) in [5.74, 6) is -0.356. The Balaban J connectivity index is 1.73. The summed E-state index contributed by atoms with van der Waals surface area (Å²) in [6.45, 7) is 4.49. The van der Waals surface area contributed by atoms with Crippen LogP contribution in [0, 0.1) is 13.8 Å². The fourth-order valence-electron chi connectivity index (χ4n) is 3.74. The molecule has 1 atom stereocenters. The van der Waals surface area contributed by atoms with Gasteiger partial charge in [-0.1, -0.05) is 54.1 Å². The lowest BCUT2D eigenvalue weighted by atomic mass is 10.00. The predicted octanol–water partition coefficient (Wildman–Crippen LogP) is 5.58. The second kappa shape index (κ2) is 8.78. The van der Waals surface area contributed by atoms with Crippen molar-refractivity contribution in [3.05, 3.63) is 98.9 Å². The maximum Gasteiger partial charge on any atom is 0.340 e. The molecule has 1 N–H and O–H groups in total. The van der Waals surface area contributed by atoms with Gasteiger partial charge in [0.2, 0.25) is 0 Å². The van der Waals surface area contributed by atoms with Crippen LogP contribution in [-0.4, -0.2) is 18.1 Å². The number of carbonyl (C=O) groups excluding carboxylic acids is 1. The summed E-state index contributed by atoms with van der Waals surface area (Å²) in [5, 5.41) is 6.67. The normalized spacial score (nSPS) is 12.1. The third-order valence-electron chi connectivity index (χ3n) is 5.33. The van der Waals surface area contributed by atoms with E-state index in [4.69, 9.17) is 9.72 Å². The Kier molecular flexibility index (Phi) is 5.93. The highest BCUT2D eigenvalue weighted by molar-refractivity contribution is 7.10. The molecule has 2 aromatic heterocycles. The second-order valence-electron chi connectivity index (χ2n) is 7.31. The number of methoxy groups -OCH3 is 1. The number of hydrogen-bond acceptors (Lipinski definition) is 5. The summed E-state index contributed by atoms with van der Waals surface area (Å²) in [6, 6.07) is 20.6. The molecule has 0 bridgehead atoms. The van der Waals surface area contributed by atoms with Gasteiger partial charge in [-0.3, -0.25) is 10.3 Å². The van der Waals surface area contributed by atoms with E-state index < -0.39 is 0 Å². The van der Waals surface area contributed by atoms with E-state index in [1.165, 1.54) is 23.1 Å². The minimum atomic E-state index is -0.356. The van der Waals surface area contributed by atoms with Gasteiger partial charge in [0.15, 0.2) is 0 Å². The average molecular weight is 417 g/mol. The molecule has 0 aliphatic carbocycles. The minimum absolute atomic E-state index is 0.0182. The number of fused-ring (bicyclic) bond motifs is 1. The van der Waals surface area contributed by atoms with Gasteiger partial charge in [0.25, 0.3) is 0 Å². The first-order valence-electron chi connectivity index (χ1n) is 9.88. The minimum Gasteiger partial charge on any atom is -0.465 e. The molecule has 2 aromatic carbocycles. The highest BCUT2D eigenvalue weighted by Gasteiger charge is 2.21. The molecule has 0 fully saturated rings. The molecule has 0 spiro atoms. The molecule has 0 aliphatic heterocycles. The fourth-order valence-corrected chi connectivity index (χ4v) is 4.56. The van der Waals surface area contributed by atoms with E-state index in [9.17, 15) is 4.79 Å². The van der Waals surface area contributed by atoms with Gasteiger partial charge < -0.3 is 4.74 Å². The van der Waals surface area contributed by atoms with Crippen molar-refractivity contribution in [3.63, 3.8) is 0 Å². The Morgan fingerprint density at radius 2 is 1.83 bits per heavy atom. The van der Waals surface area contributed by atoms with Gasteiger partial charge in [0.05, 0.1) is 29.9 Å². The molecule has 2 heterocycles. The van der Waals surface area contributed by atoms with Gasteiger partial charge in [-0.25, -0.2) is 4.79 Å². The highest BCUT2D eigenvalue weighted by atomic mass is 32.1. The van der Waals surface area contributed by atoms with Crippen LogP contribution in [0.2, 0.25) is 0 Å². The number of para-hydroxylation sites is 1. The van der Waals surface area contributed by atoms with Crippen molar-refractivity contribution in [3.8, 4) is 0 Å². The number of aryl methyl sites for hydroxylation is 2. The van der Waals surface area contributed by atoms with Crippen LogP contribution >= 0.6 is 11.3 Å². The Hall–Kier alpha value is -3.02. The Labute approximate surface area is 180 Å². The summed E-state index contributed by atoms with van der Waals surface area (Å²) in [6.07, 6.45) is 0. The first-order valence-corrected chi connectivity index (χ1v) is 10.8. The lowest BCUT2D eigenvalue weighted by Crippen LogP contribution is -2.24. The van der Waals surface area contributed by atoms with Crippen LogP contribution in [-0.2, 0) is 11.3 Å². The van der Waals surface area contributed by atoms with Crippen LogP contribution in [0.4, 0.5) is 0 Å². The zero-order valence-electron chi connectivity index (χ0n) is 17.3. The third kappa shape index (κ3) is 3.99. The highest BCUT2D eigenvalue weighted by Crippen LogP contribution is 2.28. The van der Waals surface area contributed by atoms with E-state index in [0.29, 0.717) is 17.8 Å². The number of rotatable bonds is 6. The largest absolute Gasteiger partial charge is 0.465 e. The van der Waals surface area contributed by atoms with E-state index in [1.54, 1.807) is 11.3 Å². The fraction of sp³-hybridized carbons (Fsp3) is 0.200. The first kappa shape index (κ1) is 20.3. The van der Waals surface area contributed by atoms with Gasteiger partial charge in [-0.2, -0.15) is 0 Å². The summed E-state index contributed by atoms with van der Waals surface area (Å²) in [5.41, 5.74) is 5.42. The summed E-state index contributed by atoms with van der Waals surface area (Å²) in [7, 11) is 1.41. The second-order valence-corrected chi connectivity index (χ2v) is 8.29.